The van der Waals surface area contributed by atoms with E-state index in [2.05, 4.69) is 9.88 Å². The molecule has 13 heteroatoms. The molecule has 0 spiro atoms. The molecule has 0 aliphatic carbocycles. The topological polar surface area (TPSA) is 105 Å². The van der Waals surface area contributed by atoms with Crippen molar-refractivity contribution < 1.29 is 41.8 Å². The lowest BCUT2D eigenvalue weighted by atomic mass is 10.0. The Hall–Kier alpha value is -5.72. The maximum atomic E-state index is 15.2. The van der Waals surface area contributed by atoms with E-state index in [4.69, 9.17) is 9.53 Å². The van der Waals surface area contributed by atoms with E-state index in [1.54, 1.807) is 27.8 Å². The molecule has 9 nitrogen and oxygen atoms in total. The molecule has 1 fully saturated rings. The van der Waals surface area contributed by atoms with Crippen LogP contribution in [0.2, 0.25) is 0 Å². The minimum absolute atomic E-state index is 0.212. The van der Waals surface area contributed by atoms with Gasteiger partial charge >= 0.3 is 12.1 Å². The summed E-state index contributed by atoms with van der Waals surface area (Å²) in [6, 6.07) is 23.4. The predicted octanol–water partition coefficient (Wildman–Crippen LogP) is 6.95. The molecule has 1 N–H and O–H groups in total. The van der Waals surface area contributed by atoms with Crippen LogP contribution in [0.1, 0.15) is 33.3 Å². The molecule has 0 atom stereocenters. The zero-order chi connectivity index (χ0) is 35.3. The van der Waals surface area contributed by atoms with Crippen LogP contribution < -0.4 is 9.64 Å². The summed E-state index contributed by atoms with van der Waals surface area (Å²) in [5.74, 6) is -0.664. The van der Waals surface area contributed by atoms with Crippen LogP contribution in [-0.2, 0) is 4.79 Å². The summed E-state index contributed by atoms with van der Waals surface area (Å²) in [5.41, 5.74) is 3.04. The molecule has 0 radical (unpaired) electrons. The molecule has 4 aromatic carbocycles. The Balaban J connectivity index is 0.000000717. The van der Waals surface area contributed by atoms with Crippen LogP contribution in [0.25, 0.3) is 27.8 Å². The number of nitrogens with zero attached hydrogens (tertiary/aromatic N) is 4. The number of anilines is 1. The summed E-state index contributed by atoms with van der Waals surface area (Å²) < 4.78 is 53.8. The van der Waals surface area contributed by atoms with Gasteiger partial charge in [0.2, 0.25) is 6.29 Å². The lowest BCUT2D eigenvalue weighted by Gasteiger charge is -2.36. The number of aromatic carboxylic acids is 1. The van der Waals surface area contributed by atoms with Gasteiger partial charge < -0.3 is 19.6 Å². The number of aryl methyl sites for hydroxylation is 1. The van der Waals surface area contributed by atoms with Gasteiger partial charge in [0, 0.05) is 44.1 Å². The Labute approximate surface area is 279 Å². The zero-order valence-electron chi connectivity index (χ0n) is 26.6. The lowest BCUT2D eigenvalue weighted by molar-refractivity contribution is -0.156. The first-order valence-electron chi connectivity index (χ1n) is 15.3. The smallest absolute Gasteiger partial charge is 0.446 e. The van der Waals surface area contributed by atoms with E-state index in [-0.39, 0.29) is 17.2 Å². The van der Waals surface area contributed by atoms with Gasteiger partial charge in [0.05, 0.1) is 23.4 Å². The van der Waals surface area contributed by atoms with Crippen molar-refractivity contribution in [2.24, 2.45) is 0 Å². The molecule has 0 bridgehead atoms. The lowest BCUT2D eigenvalue weighted by Crippen LogP contribution is -2.49. The molecule has 1 aliphatic heterocycles. The van der Waals surface area contributed by atoms with Crippen molar-refractivity contribution in [1.82, 2.24) is 14.5 Å². The number of amides is 1. The number of alkyl halides is 3. The SMILES string of the molecule is CCOc1cccc(-n2cc(C(=O)N3CCN(c4cc(C(=O)O)c5ccccc5c4)CC3)nc2-c2ccc(C)cc2F)c1.O=CC(F)(F)F. The average Bonchev–Trinajstić information content (AvgIpc) is 3.53. The maximum Gasteiger partial charge on any atom is 0.446 e. The van der Waals surface area contributed by atoms with E-state index in [0.29, 0.717) is 61.0 Å². The largest absolute Gasteiger partial charge is 0.494 e. The third-order valence-corrected chi connectivity index (χ3v) is 7.84. The van der Waals surface area contributed by atoms with Crippen molar-refractivity contribution in [3.8, 4) is 22.8 Å². The van der Waals surface area contributed by atoms with Crippen molar-refractivity contribution in [2.75, 3.05) is 37.7 Å². The standard InChI is InChI=1S/C34H31FN4O4.C2HF3O/c1-3-43-26-9-6-8-24(19-26)39-21-31(36-32(39)28-12-11-22(2)17-30(28)35)33(40)38-15-13-37(14-16-38)25-18-23-7-4-5-10-27(23)29(20-25)34(41)42;3-2(4,5)1-6/h4-12,17-21H,3,13-16H2,1-2H3,(H,41,42);1H. The Morgan fingerprint density at radius 1 is 0.939 bits per heavy atom. The summed E-state index contributed by atoms with van der Waals surface area (Å²) in [4.78, 5) is 42.9. The van der Waals surface area contributed by atoms with Gasteiger partial charge in [0.25, 0.3) is 5.91 Å². The minimum atomic E-state index is -4.64. The van der Waals surface area contributed by atoms with Crippen molar-refractivity contribution in [3.05, 3.63) is 108 Å². The Morgan fingerprint density at radius 3 is 2.31 bits per heavy atom. The van der Waals surface area contributed by atoms with Crippen LogP contribution in [0.15, 0.2) is 85.1 Å². The molecule has 5 aromatic rings. The number of piperazine rings is 1. The maximum absolute atomic E-state index is 15.2. The fourth-order valence-electron chi connectivity index (χ4n) is 5.55. The number of carbonyl (C=O) groups is 3. The highest BCUT2D eigenvalue weighted by molar-refractivity contribution is 6.05. The van der Waals surface area contributed by atoms with Crippen molar-refractivity contribution in [1.29, 1.82) is 0 Å². The number of carboxylic acid groups (broad SMARTS) is 1. The molecule has 254 valence electrons. The summed E-state index contributed by atoms with van der Waals surface area (Å²) in [6.45, 7) is 6.13. The third-order valence-electron chi connectivity index (χ3n) is 7.84. The number of aromatic nitrogens is 2. The zero-order valence-corrected chi connectivity index (χ0v) is 26.6. The fourth-order valence-corrected chi connectivity index (χ4v) is 5.55. The van der Waals surface area contributed by atoms with E-state index in [1.165, 1.54) is 6.07 Å². The molecule has 6 rings (SSSR count). The number of aldehydes is 1. The first-order valence-corrected chi connectivity index (χ1v) is 15.3. The summed E-state index contributed by atoms with van der Waals surface area (Å²) in [6.07, 6.45) is -4.05. The van der Waals surface area contributed by atoms with Gasteiger partial charge in [-0.3, -0.25) is 14.2 Å². The third kappa shape index (κ3) is 8.06. The number of hydrogen-bond donors (Lipinski definition) is 1. The highest BCUT2D eigenvalue weighted by Crippen LogP contribution is 2.30. The van der Waals surface area contributed by atoms with Crippen LogP contribution >= 0.6 is 0 Å². The van der Waals surface area contributed by atoms with E-state index in [9.17, 15) is 27.9 Å². The normalized spacial score (nSPS) is 13.1. The van der Waals surface area contributed by atoms with Crippen molar-refractivity contribution >= 4 is 34.6 Å². The van der Waals surface area contributed by atoms with E-state index < -0.39 is 24.2 Å². The molecule has 1 aliphatic rings. The predicted molar refractivity (Wildman–Crippen MR) is 176 cm³/mol. The van der Waals surface area contributed by atoms with Gasteiger partial charge in [0.15, 0.2) is 0 Å². The van der Waals surface area contributed by atoms with Gasteiger partial charge in [-0.25, -0.2) is 14.2 Å². The number of benzene rings is 4. The first kappa shape index (κ1) is 34.6. The van der Waals surface area contributed by atoms with Gasteiger partial charge in [-0.1, -0.05) is 36.4 Å². The molecule has 0 saturated carbocycles. The highest BCUT2D eigenvalue weighted by Gasteiger charge is 2.27. The van der Waals surface area contributed by atoms with E-state index >= 15 is 4.39 Å². The van der Waals surface area contributed by atoms with Crippen LogP contribution in [0.5, 0.6) is 5.75 Å². The Bertz CT molecular complexity index is 2000. The number of hydrogen-bond acceptors (Lipinski definition) is 6. The number of imidazole rings is 1. The number of halogens is 4. The second kappa shape index (κ2) is 14.6. The van der Waals surface area contributed by atoms with Crippen LogP contribution in [0.4, 0.5) is 23.2 Å². The van der Waals surface area contributed by atoms with Gasteiger partial charge in [-0.15, -0.1) is 0 Å². The quantitative estimate of drug-likeness (QED) is 0.147. The molecule has 1 amide bonds. The van der Waals surface area contributed by atoms with Crippen LogP contribution in [0.3, 0.4) is 0 Å². The summed E-state index contributed by atoms with van der Waals surface area (Å²) in [5, 5.41) is 11.3. The van der Waals surface area contributed by atoms with Crippen LogP contribution in [0, 0.1) is 12.7 Å². The number of rotatable bonds is 7. The average molecular weight is 677 g/mol. The second-order valence-corrected chi connectivity index (χ2v) is 11.2. The summed E-state index contributed by atoms with van der Waals surface area (Å²) in [7, 11) is 0. The molecule has 2 heterocycles. The minimum Gasteiger partial charge on any atom is -0.494 e. The number of ether oxygens (including phenoxy) is 1. The number of carboxylic acids is 1. The summed E-state index contributed by atoms with van der Waals surface area (Å²) >= 11 is 0. The molecular formula is C36H32F4N4O5. The molecule has 0 unspecified atom stereocenters. The number of fused-ring (bicyclic) bond motifs is 1. The van der Waals surface area contributed by atoms with Crippen molar-refractivity contribution in [2.45, 2.75) is 20.0 Å². The Morgan fingerprint density at radius 2 is 1.65 bits per heavy atom. The fraction of sp³-hybridized carbons (Fsp3) is 0.222. The van der Waals surface area contributed by atoms with Gasteiger partial charge in [-0.05, 0) is 66.6 Å². The molecule has 1 aromatic heterocycles. The Kier molecular flexibility index (Phi) is 10.3. The van der Waals surface area contributed by atoms with Gasteiger partial charge in [0.1, 0.15) is 23.1 Å². The van der Waals surface area contributed by atoms with Crippen LogP contribution in [-0.4, -0.2) is 76.7 Å². The second-order valence-electron chi connectivity index (χ2n) is 11.2. The molecule has 1 saturated heterocycles. The first-order chi connectivity index (χ1) is 23.4. The highest BCUT2D eigenvalue weighted by atomic mass is 19.4. The monoisotopic (exact) mass is 676 g/mol. The van der Waals surface area contributed by atoms with E-state index in [0.717, 1.165) is 16.6 Å². The van der Waals surface area contributed by atoms with Crippen molar-refractivity contribution in [3.63, 3.8) is 0 Å². The molecule has 49 heavy (non-hydrogen) atoms. The molecular weight excluding hydrogens is 644 g/mol. The number of carbonyl (C=O) groups excluding carboxylic acids is 2. The van der Waals surface area contributed by atoms with Gasteiger partial charge in [-0.2, -0.15) is 13.2 Å². The van der Waals surface area contributed by atoms with E-state index in [1.807, 2.05) is 74.5 Å².